The van der Waals surface area contributed by atoms with Crippen molar-refractivity contribution in [2.24, 2.45) is 0 Å². The SMILES string of the molecule is CCC1=CC2=C(c3ccc(C(C)CC)cc3)c3cc(CC)c(-c4cccc5cccc(C)c45)n3[B][N+]2=C1c1cccc2cccc(C)c12. The van der Waals surface area contributed by atoms with Crippen LogP contribution in [-0.4, -0.2) is 22.2 Å². The molecular formula is C45H43BN2+. The molecule has 1 radical (unpaired) electrons. The van der Waals surface area contributed by atoms with Crippen LogP contribution >= 0.6 is 0 Å². The Morgan fingerprint density at radius 1 is 0.708 bits per heavy atom. The lowest BCUT2D eigenvalue weighted by Crippen LogP contribution is -2.33. The van der Waals surface area contributed by atoms with Crippen LogP contribution in [0.25, 0.3) is 38.4 Å². The van der Waals surface area contributed by atoms with Crippen LogP contribution in [0.2, 0.25) is 0 Å². The van der Waals surface area contributed by atoms with Gasteiger partial charge in [-0.1, -0.05) is 119 Å². The molecule has 2 aliphatic heterocycles. The maximum absolute atomic E-state index is 2.51. The van der Waals surface area contributed by atoms with Crippen molar-refractivity contribution in [1.29, 1.82) is 0 Å². The average molecular weight is 623 g/mol. The highest BCUT2D eigenvalue weighted by atomic mass is 15.1. The van der Waals surface area contributed by atoms with E-state index in [0.717, 1.165) is 19.3 Å². The molecule has 1 unspecified atom stereocenters. The molecule has 3 heteroatoms. The van der Waals surface area contributed by atoms with E-state index in [0.29, 0.717) is 5.92 Å². The second-order valence-electron chi connectivity index (χ2n) is 13.6. The second kappa shape index (κ2) is 12.0. The number of rotatable bonds is 7. The highest BCUT2D eigenvalue weighted by Gasteiger charge is 2.42. The highest BCUT2D eigenvalue weighted by molar-refractivity contribution is 6.33. The van der Waals surface area contributed by atoms with Gasteiger partial charge in [-0.15, -0.1) is 0 Å². The van der Waals surface area contributed by atoms with Crippen LogP contribution in [0.5, 0.6) is 0 Å². The highest BCUT2D eigenvalue weighted by Crippen LogP contribution is 2.43. The number of aromatic nitrogens is 1. The van der Waals surface area contributed by atoms with Gasteiger partial charge < -0.3 is 4.48 Å². The topological polar surface area (TPSA) is 7.94 Å². The normalized spacial score (nSPS) is 14.8. The van der Waals surface area contributed by atoms with Crippen LogP contribution in [-0.2, 0) is 6.42 Å². The Morgan fingerprint density at radius 3 is 1.92 bits per heavy atom. The zero-order valence-corrected chi connectivity index (χ0v) is 29.1. The van der Waals surface area contributed by atoms with Crippen LogP contribution in [0.4, 0.5) is 0 Å². The van der Waals surface area contributed by atoms with E-state index in [1.54, 1.807) is 0 Å². The predicted molar refractivity (Wildman–Crippen MR) is 205 cm³/mol. The summed E-state index contributed by atoms with van der Waals surface area (Å²) in [4.78, 5) is 0. The Labute approximate surface area is 286 Å². The van der Waals surface area contributed by atoms with Crippen LogP contribution in [0.15, 0.2) is 120 Å². The Balaban J connectivity index is 1.47. The number of aryl methyl sites for hydroxylation is 3. The Kier molecular flexibility index (Phi) is 7.59. The molecule has 0 saturated heterocycles. The third-order valence-electron chi connectivity index (χ3n) is 10.9. The summed E-state index contributed by atoms with van der Waals surface area (Å²) in [7, 11) is 2.39. The minimum atomic E-state index is 0.539. The molecule has 0 aliphatic carbocycles. The third kappa shape index (κ3) is 4.66. The van der Waals surface area contributed by atoms with Gasteiger partial charge in [-0.2, -0.15) is 0 Å². The first-order valence-electron chi connectivity index (χ1n) is 17.7. The monoisotopic (exact) mass is 622 g/mol. The molecule has 0 N–H and O–H groups in total. The molecule has 1 aromatic heterocycles. The van der Waals surface area contributed by atoms with Crippen LogP contribution < -0.4 is 0 Å². The van der Waals surface area contributed by atoms with Crippen molar-refractivity contribution in [2.45, 2.75) is 66.7 Å². The van der Waals surface area contributed by atoms with Gasteiger partial charge in [-0.3, -0.25) is 4.49 Å². The fourth-order valence-corrected chi connectivity index (χ4v) is 8.13. The maximum atomic E-state index is 2.51. The van der Waals surface area contributed by atoms with Crippen LogP contribution in [0.1, 0.15) is 85.5 Å². The molecule has 0 saturated carbocycles. The molecule has 5 aromatic carbocycles. The van der Waals surface area contributed by atoms with Gasteiger partial charge in [0.2, 0.25) is 0 Å². The van der Waals surface area contributed by atoms with Crippen LogP contribution in [0, 0.1) is 13.8 Å². The number of hydrogen-bond acceptors (Lipinski definition) is 0. The number of allylic oxidation sites excluding steroid dienone is 2. The van der Waals surface area contributed by atoms with Crippen molar-refractivity contribution in [3.63, 3.8) is 0 Å². The molecular weight excluding hydrogens is 579 g/mol. The minimum Gasteiger partial charge on any atom is -0.318 e. The van der Waals surface area contributed by atoms with Gasteiger partial charge >= 0.3 is 7.55 Å². The summed E-state index contributed by atoms with van der Waals surface area (Å²) >= 11 is 0. The van der Waals surface area contributed by atoms with Gasteiger partial charge in [0, 0.05) is 28.6 Å². The van der Waals surface area contributed by atoms with E-state index >= 15 is 0 Å². The molecule has 0 spiro atoms. The molecule has 8 rings (SSSR count). The first-order valence-corrected chi connectivity index (χ1v) is 17.7. The van der Waals surface area contributed by atoms with Crippen molar-refractivity contribution in [2.75, 3.05) is 0 Å². The van der Waals surface area contributed by atoms with Crippen molar-refractivity contribution in [1.82, 2.24) is 4.48 Å². The minimum absolute atomic E-state index is 0.539. The summed E-state index contributed by atoms with van der Waals surface area (Å²) in [6, 6.07) is 38.8. The molecule has 235 valence electrons. The third-order valence-corrected chi connectivity index (χ3v) is 10.9. The Morgan fingerprint density at radius 2 is 1.31 bits per heavy atom. The quantitative estimate of drug-likeness (QED) is 0.157. The summed E-state index contributed by atoms with van der Waals surface area (Å²) in [5, 5.41) is 5.24. The van der Waals surface area contributed by atoms with Gasteiger partial charge in [-0.05, 0) is 101 Å². The first-order chi connectivity index (χ1) is 23.4. The lowest BCUT2D eigenvalue weighted by atomic mass is 9.89. The van der Waals surface area contributed by atoms with E-state index < -0.39 is 0 Å². The van der Waals surface area contributed by atoms with Crippen molar-refractivity contribution >= 4 is 40.4 Å². The molecule has 2 aliphatic rings. The molecule has 0 bridgehead atoms. The summed E-state index contributed by atoms with van der Waals surface area (Å²) in [5.41, 5.74) is 17.0. The standard InChI is InChI=1S/C45H43BN2/c1-7-28(4)33-22-24-36(25-23-33)43-39-26-31(8-2)44(37-20-12-18-34-16-10-14-29(5)41(34)37)47(39)46-48-40(43)27-32(9-3)45(48)38-21-13-19-35-17-11-15-30(6)42(35)38/h10-28H,7-9H2,1-6H3/q+1. The second-order valence-corrected chi connectivity index (χ2v) is 13.6. The summed E-state index contributed by atoms with van der Waals surface area (Å²) < 4.78 is 5.01. The maximum Gasteiger partial charge on any atom is 0.700 e. The van der Waals surface area contributed by atoms with Gasteiger partial charge in [0.15, 0.2) is 11.4 Å². The zero-order valence-electron chi connectivity index (χ0n) is 29.1. The van der Waals surface area contributed by atoms with Crippen molar-refractivity contribution in [3.8, 4) is 11.3 Å². The Bertz CT molecular complexity index is 2330. The van der Waals surface area contributed by atoms with E-state index in [9.17, 15) is 0 Å². The van der Waals surface area contributed by atoms with E-state index in [-0.39, 0.29) is 0 Å². The number of benzene rings is 5. The van der Waals surface area contributed by atoms with E-state index in [1.807, 2.05) is 0 Å². The largest absolute Gasteiger partial charge is 0.700 e. The first kappa shape index (κ1) is 30.4. The molecule has 6 aromatic rings. The molecule has 2 nitrogen and oxygen atoms in total. The molecule has 48 heavy (non-hydrogen) atoms. The molecule has 1 atom stereocenters. The summed E-state index contributed by atoms with van der Waals surface area (Å²) in [6.45, 7) is 13.7. The van der Waals surface area contributed by atoms with Gasteiger partial charge in [0.1, 0.15) is 0 Å². The smallest absolute Gasteiger partial charge is 0.318 e. The van der Waals surface area contributed by atoms with Crippen LogP contribution in [0.3, 0.4) is 0 Å². The fraction of sp³-hybridized carbons (Fsp3) is 0.222. The molecule has 0 amide bonds. The van der Waals surface area contributed by atoms with Gasteiger partial charge in [0.05, 0.1) is 11.1 Å². The number of nitrogens with zero attached hydrogens (tertiary/aromatic N) is 2. The summed E-state index contributed by atoms with van der Waals surface area (Å²) in [6.07, 6.45) is 5.51. The molecule has 3 heterocycles. The van der Waals surface area contributed by atoms with Crippen molar-refractivity contribution < 1.29 is 4.49 Å². The van der Waals surface area contributed by atoms with E-state index in [4.69, 9.17) is 0 Å². The predicted octanol–water partition coefficient (Wildman–Crippen LogP) is 11.2. The fourth-order valence-electron chi connectivity index (χ4n) is 8.13. The van der Waals surface area contributed by atoms with Gasteiger partial charge in [0.25, 0.3) is 0 Å². The van der Waals surface area contributed by atoms with E-state index in [1.165, 1.54) is 94.4 Å². The lowest BCUT2D eigenvalue weighted by Gasteiger charge is -2.21. The lowest BCUT2D eigenvalue weighted by molar-refractivity contribution is -0.312. The average Bonchev–Trinajstić information content (AvgIpc) is 3.67. The molecule has 0 fully saturated rings. The van der Waals surface area contributed by atoms with Gasteiger partial charge in [-0.25, -0.2) is 0 Å². The van der Waals surface area contributed by atoms with Crippen molar-refractivity contribution in [3.05, 3.63) is 160 Å². The zero-order chi connectivity index (χ0) is 33.1. The number of fused-ring (bicyclic) bond motifs is 4. The number of hydrogen-bond donors (Lipinski definition) is 0. The summed E-state index contributed by atoms with van der Waals surface area (Å²) in [5.74, 6) is 0.539. The Hall–Kier alpha value is -4.89. The van der Waals surface area contributed by atoms with E-state index in [2.05, 4.69) is 167 Å².